The zero-order valence-corrected chi connectivity index (χ0v) is 30.8. The summed E-state index contributed by atoms with van der Waals surface area (Å²) in [4.78, 5) is 21.3. The summed E-state index contributed by atoms with van der Waals surface area (Å²) in [5, 5.41) is 16.3. The van der Waals surface area contributed by atoms with Gasteiger partial charge in [-0.25, -0.2) is 19.7 Å². The van der Waals surface area contributed by atoms with E-state index < -0.39 is 23.4 Å². The van der Waals surface area contributed by atoms with Gasteiger partial charge in [-0.3, -0.25) is 20.0 Å². The Morgan fingerprint density at radius 3 is 1.02 bits per heavy atom. The average molecular weight is 794 g/mol. The molecule has 0 saturated heterocycles. The summed E-state index contributed by atoms with van der Waals surface area (Å²) in [5.41, 5.74) is 3.31. The van der Waals surface area contributed by atoms with Crippen molar-refractivity contribution in [2.45, 2.75) is 96.8 Å². The predicted octanol–water partition coefficient (Wildman–Crippen LogP) is 7.32. The van der Waals surface area contributed by atoms with Crippen LogP contribution >= 0.6 is 0 Å². The summed E-state index contributed by atoms with van der Waals surface area (Å²) in [6.07, 6.45) is 11.7. The van der Waals surface area contributed by atoms with Crippen LogP contribution in [-0.2, 0) is 0 Å². The van der Waals surface area contributed by atoms with Crippen LogP contribution in [0, 0.1) is 11.6 Å². The van der Waals surface area contributed by atoms with E-state index in [1.54, 1.807) is 17.7 Å². The van der Waals surface area contributed by atoms with Gasteiger partial charge in [-0.15, -0.1) is 0 Å². The fourth-order valence-electron chi connectivity index (χ4n) is 2.79. The zero-order chi connectivity index (χ0) is 30.4. The maximum Gasteiger partial charge on any atom is 0.274 e. The van der Waals surface area contributed by atoms with Crippen LogP contribution in [0.15, 0.2) is 48.5 Å². The number of hydrogen-bond acceptors (Lipinski definition) is 4. The van der Waals surface area contributed by atoms with Crippen molar-refractivity contribution in [2.75, 3.05) is 0 Å². The number of unbranched alkanes of at least 4 members (excludes halogenated alkanes) is 4. The van der Waals surface area contributed by atoms with Crippen molar-refractivity contribution in [3.63, 3.8) is 0 Å². The van der Waals surface area contributed by atoms with Crippen LogP contribution in [0.25, 0.3) is 0 Å². The molecule has 0 bridgehead atoms. The van der Waals surface area contributed by atoms with Crippen LogP contribution < -0.4 is 11.0 Å². The van der Waals surface area contributed by atoms with Gasteiger partial charge in [0, 0.05) is 11.1 Å². The molecule has 0 aliphatic carbocycles. The molecule has 0 aliphatic rings. The van der Waals surface area contributed by atoms with Crippen LogP contribution in [0.3, 0.4) is 0 Å². The molecule has 0 spiro atoms. The predicted molar refractivity (Wildman–Crippen MR) is 165 cm³/mol. The first kappa shape index (κ1) is 44.2. The van der Waals surface area contributed by atoms with E-state index in [1.165, 1.54) is 86.6 Å². The van der Waals surface area contributed by atoms with Gasteiger partial charge in [-0.05, 0) is 48.5 Å². The Morgan fingerprint density at radius 1 is 0.585 bits per heavy atom. The molecule has 0 atom stereocenters. The van der Waals surface area contributed by atoms with E-state index in [4.69, 9.17) is 10.4 Å². The third-order valence-electron chi connectivity index (χ3n) is 5.24. The Bertz CT molecular complexity index is 777. The van der Waals surface area contributed by atoms with Gasteiger partial charge in [0.1, 0.15) is 11.6 Å². The molecule has 4 radical (unpaired) electrons. The Kier molecular flexibility index (Phi) is 35.8. The smallest absolute Gasteiger partial charge is 0.274 e. The van der Waals surface area contributed by atoms with Gasteiger partial charge < -0.3 is 5.48 Å². The molecule has 0 fully saturated rings. The van der Waals surface area contributed by atoms with Gasteiger partial charge in [0.2, 0.25) is 0 Å². The van der Waals surface area contributed by atoms with Crippen molar-refractivity contribution < 1.29 is 34.3 Å². The van der Waals surface area contributed by atoms with Gasteiger partial charge in [0.15, 0.2) is 0 Å². The molecule has 0 aliphatic heterocycles. The van der Waals surface area contributed by atoms with E-state index in [2.05, 4.69) is 27.7 Å². The van der Waals surface area contributed by atoms with Crippen molar-refractivity contribution in [1.82, 2.24) is 11.0 Å². The van der Waals surface area contributed by atoms with Crippen LogP contribution in [-0.4, -0.2) is 70.0 Å². The van der Waals surface area contributed by atoms with E-state index in [0.717, 1.165) is 24.3 Å². The maximum atomic E-state index is 12.3. The molecule has 7 nitrogen and oxygen atoms in total. The van der Waals surface area contributed by atoms with E-state index in [0.29, 0.717) is 0 Å². The summed E-state index contributed by atoms with van der Waals surface area (Å²) in [5.74, 6) is -2.13. The summed E-state index contributed by atoms with van der Waals surface area (Å²) in [6.45, 7) is 9.16. The minimum Gasteiger partial charge on any atom is -0.412 e. The molecule has 11 heteroatoms. The Hall–Kier alpha value is -1.28. The second kappa shape index (κ2) is 33.2. The first-order chi connectivity index (χ1) is 19.3. The minimum atomic E-state index is -0.648. The maximum absolute atomic E-state index is 12.3. The number of carbonyl (C=O) groups excluding carboxylic acids is 2. The molecule has 2 rings (SSSR count). The molecule has 2 amide bonds. The second-order valence-corrected chi connectivity index (χ2v) is 17.4. The number of hydroxylamine groups is 2. The van der Waals surface area contributed by atoms with E-state index in [-0.39, 0.29) is 58.9 Å². The summed E-state index contributed by atoms with van der Waals surface area (Å²) in [7, 11) is 0. The summed E-state index contributed by atoms with van der Waals surface area (Å²) in [6, 6.07) is 9.69. The largest absolute Gasteiger partial charge is 0.412 e. The molecular formula is C30H50F2N2O5Sn2. The van der Waals surface area contributed by atoms with Gasteiger partial charge in [0.25, 0.3) is 11.8 Å². The van der Waals surface area contributed by atoms with Crippen molar-refractivity contribution in [3.05, 3.63) is 71.3 Å². The molecule has 232 valence electrons. The molecule has 0 saturated carbocycles. The SMILES string of the molecule is CCC[CH2][Sn][CH2]CCC.CCC[CH2][Sn][CH2]CCC.O.O=C(NO)c1ccc(F)cc1.O=C(NO)c1ccc(F)cc1. The van der Waals surface area contributed by atoms with E-state index >= 15 is 0 Å². The third-order valence-corrected chi connectivity index (χ3v) is 13.3. The first-order valence-corrected chi connectivity index (χ1v) is 22.2. The minimum absolute atomic E-state index is 0. The normalized spacial score (nSPS) is 9.37. The van der Waals surface area contributed by atoms with Gasteiger partial charge in [0.05, 0.1) is 0 Å². The monoisotopic (exact) mass is 796 g/mol. The molecule has 41 heavy (non-hydrogen) atoms. The number of nitrogens with one attached hydrogen (secondary N) is 2. The molecule has 0 heterocycles. The van der Waals surface area contributed by atoms with Crippen LogP contribution in [0.5, 0.6) is 0 Å². The molecular weight excluding hydrogens is 744 g/mol. The fourth-order valence-corrected chi connectivity index (χ4v) is 11.1. The molecule has 0 aromatic heterocycles. The number of rotatable bonds is 14. The third kappa shape index (κ3) is 28.6. The van der Waals surface area contributed by atoms with Gasteiger partial charge >= 0.3 is 139 Å². The number of halogens is 2. The average Bonchev–Trinajstić information content (AvgIpc) is 2.98. The second-order valence-electron chi connectivity index (χ2n) is 8.81. The number of hydrogen-bond donors (Lipinski definition) is 4. The molecule has 2 aromatic rings. The zero-order valence-electron chi connectivity index (χ0n) is 25.1. The van der Waals surface area contributed by atoms with Gasteiger partial charge in [-0.2, -0.15) is 0 Å². The standard InChI is InChI=1S/2C7H6FNO2.4C4H9.H2O.2Sn/c2*8-6-3-1-5(2-4-6)7(10)9-11;4*1-3-4-2;;;/h2*1-4,11H,(H,9,10);4*1,3-4H2,2H3;1H2;;. The fraction of sp³-hybridized carbons (Fsp3) is 0.533. The van der Waals surface area contributed by atoms with Crippen molar-refractivity contribution in [1.29, 1.82) is 0 Å². The number of amides is 2. The van der Waals surface area contributed by atoms with Crippen LogP contribution in [0.2, 0.25) is 17.7 Å². The van der Waals surface area contributed by atoms with Crippen molar-refractivity contribution in [2.24, 2.45) is 0 Å². The summed E-state index contributed by atoms with van der Waals surface area (Å²) >= 11 is 0.299. The Morgan fingerprint density at radius 2 is 0.829 bits per heavy atom. The molecule has 0 unspecified atom stereocenters. The summed E-state index contributed by atoms with van der Waals surface area (Å²) < 4.78 is 31.0. The van der Waals surface area contributed by atoms with E-state index in [1.807, 2.05) is 0 Å². The van der Waals surface area contributed by atoms with Gasteiger partial charge in [-0.1, -0.05) is 0 Å². The Balaban J connectivity index is -0.000000469. The van der Waals surface area contributed by atoms with E-state index in [9.17, 15) is 18.4 Å². The Labute approximate surface area is 265 Å². The topological polar surface area (TPSA) is 130 Å². The van der Waals surface area contributed by atoms with Crippen molar-refractivity contribution >= 4 is 54.1 Å². The first-order valence-electron chi connectivity index (χ1n) is 14.1. The molecule has 6 N–H and O–H groups in total. The number of benzene rings is 2. The quantitative estimate of drug-likeness (QED) is 0.0692. The number of carbonyl (C=O) groups is 2. The van der Waals surface area contributed by atoms with Crippen LogP contribution in [0.1, 0.15) is 99.8 Å². The van der Waals surface area contributed by atoms with Crippen molar-refractivity contribution in [3.8, 4) is 0 Å². The molecule has 2 aromatic carbocycles. The van der Waals surface area contributed by atoms with Crippen LogP contribution in [0.4, 0.5) is 8.78 Å².